The van der Waals surface area contributed by atoms with E-state index in [4.69, 9.17) is 0 Å². The number of nitrogens with one attached hydrogen (secondary N) is 2. The Kier molecular flexibility index (Phi) is 5.47. The summed E-state index contributed by atoms with van der Waals surface area (Å²) in [7, 11) is 1.67. The number of carbonyl (C=O) groups excluding carboxylic acids is 1. The predicted molar refractivity (Wildman–Crippen MR) is 106 cm³/mol. The number of rotatable bonds is 6. The number of anilines is 2. The molecule has 0 unspecified atom stereocenters. The minimum atomic E-state index is -0.514. The zero-order valence-corrected chi connectivity index (χ0v) is 14.8. The molecular formula is C21H19N3O3. The van der Waals surface area contributed by atoms with Crippen LogP contribution in [0.4, 0.5) is 17.1 Å². The fourth-order valence-electron chi connectivity index (χ4n) is 2.85. The molecule has 1 amide bonds. The fraction of sp³-hybridized carbons (Fsp3) is 0.0952. The van der Waals surface area contributed by atoms with E-state index in [-0.39, 0.29) is 11.3 Å². The maximum absolute atomic E-state index is 12.8. The normalized spacial score (nSPS) is 10.3. The van der Waals surface area contributed by atoms with Crippen molar-refractivity contribution in [3.05, 3.63) is 99.6 Å². The topological polar surface area (TPSA) is 84.3 Å². The standard InChI is InChI=1S/C21H19N3O3/c1-22-20-12-11-17(24(26)27)14-18(20)21(25)23-19-10-6-5-9-16(19)13-15-7-3-2-4-8-15/h2-12,14,22H,13H2,1H3,(H,23,25). The Morgan fingerprint density at radius 3 is 2.37 bits per heavy atom. The predicted octanol–water partition coefficient (Wildman–Crippen LogP) is 4.48. The Morgan fingerprint density at radius 2 is 1.67 bits per heavy atom. The highest BCUT2D eigenvalue weighted by Gasteiger charge is 2.17. The Balaban J connectivity index is 1.89. The zero-order chi connectivity index (χ0) is 19.2. The third-order valence-corrected chi connectivity index (χ3v) is 4.23. The summed E-state index contributed by atoms with van der Waals surface area (Å²) in [6.07, 6.45) is 0.672. The van der Waals surface area contributed by atoms with Gasteiger partial charge in [0.1, 0.15) is 0 Å². The van der Waals surface area contributed by atoms with Gasteiger partial charge in [0.25, 0.3) is 11.6 Å². The van der Waals surface area contributed by atoms with Gasteiger partial charge < -0.3 is 10.6 Å². The van der Waals surface area contributed by atoms with Crippen molar-refractivity contribution in [1.82, 2.24) is 0 Å². The highest BCUT2D eigenvalue weighted by atomic mass is 16.6. The van der Waals surface area contributed by atoms with Crippen LogP contribution in [0.2, 0.25) is 0 Å². The van der Waals surface area contributed by atoms with E-state index >= 15 is 0 Å². The van der Waals surface area contributed by atoms with Gasteiger partial charge in [-0.2, -0.15) is 0 Å². The molecule has 6 nitrogen and oxygen atoms in total. The zero-order valence-electron chi connectivity index (χ0n) is 14.8. The molecule has 0 atom stereocenters. The van der Waals surface area contributed by atoms with E-state index in [1.54, 1.807) is 7.05 Å². The number of nitrogens with zero attached hydrogens (tertiary/aromatic N) is 1. The summed E-state index contributed by atoms with van der Waals surface area (Å²) in [5.74, 6) is -0.399. The van der Waals surface area contributed by atoms with Crippen molar-refractivity contribution in [2.24, 2.45) is 0 Å². The van der Waals surface area contributed by atoms with Crippen molar-refractivity contribution in [1.29, 1.82) is 0 Å². The minimum absolute atomic E-state index is 0.128. The van der Waals surface area contributed by atoms with Crippen LogP contribution < -0.4 is 10.6 Å². The third-order valence-electron chi connectivity index (χ3n) is 4.23. The molecular weight excluding hydrogens is 342 g/mol. The number of amides is 1. The molecule has 3 rings (SSSR count). The molecule has 0 heterocycles. The second-order valence-electron chi connectivity index (χ2n) is 6.01. The molecule has 0 radical (unpaired) electrons. The van der Waals surface area contributed by atoms with Crippen molar-refractivity contribution >= 4 is 23.0 Å². The van der Waals surface area contributed by atoms with E-state index in [1.165, 1.54) is 18.2 Å². The Hall–Kier alpha value is -3.67. The summed E-state index contributed by atoms with van der Waals surface area (Å²) < 4.78 is 0. The number of hydrogen-bond donors (Lipinski definition) is 2. The van der Waals surface area contributed by atoms with Crippen molar-refractivity contribution in [2.45, 2.75) is 6.42 Å². The lowest BCUT2D eigenvalue weighted by molar-refractivity contribution is -0.384. The van der Waals surface area contributed by atoms with Crippen LogP contribution in [0.3, 0.4) is 0 Å². The average molecular weight is 361 g/mol. The summed E-state index contributed by atoms with van der Waals surface area (Å²) in [5, 5.41) is 16.8. The molecule has 0 aromatic heterocycles. The van der Waals surface area contributed by atoms with Crippen LogP contribution in [0.1, 0.15) is 21.5 Å². The van der Waals surface area contributed by atoms with Crippen LogP contribution in [0.25, 0.3) is 0 Å². The molecule has 0 fully saturated rings. The molecule has 27 heavy (non-hydrogen) atoms. The van der Waals surface area contributed by atoms with Crippen molar-refractivity contribution in [2.75, 3.05) is 17.7 Å². The molecule has 2 N–H and O–H groups in total. The number of non-ortho nitro benzene ring substituents is 1. The van der Waals surface area contributed by atoms with Gasteiger partial charge >= 0.3 is 0 Å². The van der Waals surface area contributed by atoms with Gasteiger partial charge in [0, 0.05) is 30.6 Å². The maximum Gasteiger partial charge on any atom is 0.270 e. The molecule has 3 aromatic rings. The number of para-hydroxylation sites is 1. The highest BCUT2D eigenvalue weighted by Crippen LogP contribution is 2.25. The molecule has 0 aliphatic heterocycles. The molecule has 3 aromatic carbocycles. The first-order valence-electron chi connectivity index (χ1n) is 8.48. The second kappa shape index (κ2) is 8.14. The molecule has 6 heteroatoms. The number of nitro groups is 1. The van der Waals surface area contributed by atoms with E-state index in [9.17, 15) is 14.9 Å². The van der Waals surface area contributed by atoms with E-state index in [2.05, 4.69) is 10.6 Å². The van der Waals surface area contributed by atoms with Crippen molar-refractivity contribution in [3.8, 4) is 0 Å². The van der Waals surface area contributed by atoms with Crippen LogP contribution in [-0.4, -0.2) is 17.9 Å². The van der Waals surface area contributed by atoms with Gasteiger partial charge in [0.2, 0.25) is 0 Å². The fourth-order valence-corrected chi connectivity index (χ4v) is 2.85. The summed E-state index contributed by atoms with van der Waals surface area (Å²) >= 11 is 0. The Bertz CT molecular complexity index is 971. The lowest BCUT2D eigenvalue weighted by Gasteiger charge is -2.13. The summed E-state index contributed by atoms with van der Waals surface area (Å²) in [5.41, 5.74) is 3.40. The van der Waals surface area contributed by atoms with Gasteiger partial charge in [-0.15, -0.1) is 0 Å². The summed E-state index contributed by atoms with van der Waals surface area (Å²) in [6, 6.07) is 21.7. The van der Waals surface area contributed by atoms with Crippen LogP contribution >= 0.6 is 0 Å². The smallest absolute Gasteiger partial charge is 0.270 e. The highest BCUT2D eigenvalue weighted by molar-refractivity contribution is 6.08. The first kappa shape index (κ1) is 18.1. The van der Waals surface area contributed by atoms with E-state index in [0.717, 1.165) is 11.1 Å². The molecule has 0 aliphatic rings. The van der Waals surface area contributed by atoms with Gasteiger partial charge in [-0.05, 0) is 29.7 Å². The van der Waals surface area contributed by atoms with Gasteiger partial charge in [0.15, 0.2) is 0 Å². The average Bonchev–Trinajstić information content (AvgIpc) is 2.69. The number of benzene rings is 3. The molecule has 136 valence electrons. The molecule has 0 saturated carbocycles. The van der Waals surface area contributed by atoms with Crippen molar-refractivity contribution in [3.63, 3.8) is 0 Å². The van der Waals surface area contributed by atoms with Gasteiger partial charge in [0.05, 0.1) is 10.5 Å². The first-order valence-corrected chi connectivity index (χ1v) is 8.48. The third kappa shape index (κ3) is 4.30. The Labute approximate surface area is 157 Å². The molecule has 0 saturated heterocycles. The molecule has 0 bridgehead atoms. The molecule has 0 aliphatic carbocycles. The quantitative estimate of drug-likeness (QED) is 0.501. The van der Waals surface area contributed by atoms with Crippen molar-refractivity contribution < 1.29 is 9.72 Å². The van der Waals surface area contributed by atoms with E-state index < -0.39 is 10.8 Å². The number of hydrogen-bond acceptors (Lipinski definition) is 4. The maximum atomic E-state index is 12.8. The SMILES string of the molecule is CNc1ccc([N+](=O)[O-])cc1C(=O)Nc1ccccc1Cc1ccccc1. The minimum Gasteiger partial charge on any atom is -0.387 e. The van der Waals surface area contributed by atoms with Crippen LogP contribution in [0, 0.1) is 10.1 Å². The van der Waals surface area contributed by atoms with Gasteiger partial charge in [-0.3, -0.25) is 14.9 Å². The van der Waals surface area contributed by atoms with Crippen LogP contribution in [0.5, 0.6) is 0 Å². The van der Waals surface area contributed by atoms with Crippen LogP contribution in [-0.2, 0) is 6.42 Å². The lowest BCUT2D eigenvalue weighted by Crippen LogP contribution is -2.15. The summed E-state index contributed by atoms with van der Waals surface area (Å²) in [6.45, 7) is 0. The number of carbonyl (C=O) groups is 1. The molecule has 0 spiro atoms. The van der Waals surface area contributed by atoms with Crippen LogP contribution in [0.15, 0.2) is 72.8 Å². The number of nitro benzene ring substituents is 1. The largest absolute Gasteiger partial charge is 0.387 e. The Morgan fingerprint density at radius 1 is 0.963 bits per heavy atom. The van der Waals surface area contributed by atoms with E-state index in [1.807, 2.05) is 54.6 Å². The monoisotopic (exact) mass is 361 g/mol. The first-order chi connectivity index (χ1) is 13.1. The summed E-state index contributed by atoms with van der Waals surface area (Å²) in [4.78, 5) is 23.3. The van der Waals surface area contributed by atoms with E-state index in [0.29, 0.717) is 17.8 Å². The lowest BCUT2D eigenvalue weighted by atomic mass is 10.0. The second-order valence-corrected chi connectivity index (χ2v) is 6.01. The van der Waals surface area contributed by atoms with Gasteiger partial charge in [-0.25, -0.2) is 0 Å². The van der Waals surface area contributed by atoms with Gasteiger partial charge in [-0.1, -0.05) is 48.5 Å².